The molecule has 3 heterocycles. The first-order chi connectivity index (χ1) is 17.6. The normalized spacial score (nSPS) is 29.6. The predicted molar refractivity (Wildman–Crippen MR) is 132 cm³/mol. The van der Waals surface area contributed by atoms with E-state index in [2.05, 4.69) is 10.4 Å². The molecule has 212 valence electrons. The van der Waals surface area contributed by atoms with E-state index in [0.717, 1.165) is 16.8 Å². The highest BCUT2D eigenvalue weighted by Gasteiger charge is 2.54. The molecule has 0 aliphatic carbocycles. The molecule has 1 aromatic heterocycles. The first-order valence-corrected chi connectivity index (χ1v) is 14.7. The molecule has 6 N–H and O–H groups in total. The fraction of sp³-hybridized carbons (Fsp3) is 0.650. The van der Waals surface area contributed by atoms with Crippen LogP contribution in [-0.4, -0.2) is 86.0 Å². The highest BCUT2D eigenvalue weighted by atomic mass is 32.7. The number of esters is 1. The molecule has 0 bridgehead atoms. The second-order valence-electron chi connectivity index (χ2n) is 9.16. The number of ether oxygens (including phenoxy) is 2. The van der Waals surface area contributed by atoms with Crippen LogP contribution in [-0.2, 0) is 28.2 Å². The van der Waals surface area contributed by atoms with Gasteiger partial charge in [-0.2, -0.15) is 0 Å². The van der Waals surface area contributed by atoms with E-state index in [1.54, 1.807) is 13.8 Å². The molecule has 2 saturated heterocycles. The van der Waals surface area contributed by atoms with Gasteiger partial charge in [0.2, 0.25) is 0 Å². The number of imide groups is 1. The van der Waals surface area contributed by atoms with Crippen molar-refractivity contribution in [1.29, 1.82) is 0 Å². The van der Waals surface area contributed by atoms with Gasteiger partial charge >= 0.3 is 24.4 Å². The average Bonchev–Trinajstić information content (AvgIpc) is 3.25. The van der Waals surface area contributed by atoms with Crippen molar-refractivity contribution in [2.45, 2.75) is 69.9 Å². The van der Waals surface area contributed by atoms with E-state index in [1.165, 1.54) is 13.8 Å². The number of hydrogen-bond acceptors (Lipinski definition) is 12. The number of aromatic amines is 1. The van der Waals surface area contributed by atoms with Gasteiger partial charge in [0, 0.05) is 18.0 Å². The summed E-state index contributed by atoms with van der Waals surface area (Å²) in [4.78, 5) is 61.2. The van der Waals surface area contributed by atoms with Crippen molar-refractivity contribution in [1.82, 2.24) is 25.3 Å². The number of aliphatic hydroxyl groups is 2. The van der Waals surface area contributed by atoms with Crippen molar-refractivity contribution in [3.05, 3.63) is 33.1 Å². The van der Waals surface area contributed by atoms with Crippen LogP contribution in [0.2, 0.25) is 0 Å². The smallest absolute Gasteiger partial charge is 0.330 e. The van der Waals surface area contributed by atoms with E-state index < -0.39 is 84.7 Å². The van der Waals surface area contributed by atoms with Gasteiger partial charge in [-0.25, -0.2) is 14.7 Å². The van der Waals surface area contributed by atoms with Crippen molar-refractivity contribution in [3.8, 4) is 0 Å². The number of nitrogens with one attached hydrogen (secondary N) is 4. The van der Waals surface area contributed by atoms with Crippen LogP contribution < -0.4 is 27.0 Å². The molecule has 2 fully saturated rings. The van der Waals surface area contributed by atoms with E-state index in [0.29, 0.717) is 11.4 Å². The number of aliphatic hydroxyl groups excluding tert-OH is 1. The third-order valence-corrected chi connectivity index (χ3v) is 9.71. The van der Waals surface area contributed by atoms with Gasteiger partial charge in [0.15, 0.2) is 6.23 Å². The second-order valence-corrected chi connectivity index (χ2v) is 13.5. The van der Waals surface area contributed by atoms with Crippen molar-refractivity contribution >= 4 is 36.0 Å². The van der Waals surface area contributed by atoms with E-state index in [1.807, 2.05) is 10.3 Å². The predicted octanol–water partition coefficient (Wildman–Crippen LogP) is -1.46. The van der Waals surface area contributed by atoms with Crippen LogP contribution >= 0.6 is 18.1 Å². The number of aromatic nitrogens is 2. The summed E-state index contributed by atoms with van der Waals surface area (Å²) in [7, 11) is 0. The van der Waals surface area contributed by atoms with Crippen LogP contribution in [0.1, 0.15) is 33.9 Å². The molecule has 3 amide bonds. The fourth-order valence-corrected chi connectivity index (χ4v) is 7.51. The van der Waals surface area contributed by atoms with Crippen LogP contribution in [0.4, 0.5) is 4.79 Å². The van der Waals surface area contributed by atoms with Gasteiger partial charge in [-0.15, -0.1) is 0 Å². The van der Waals surface area contributed by atoms with Crippen LogP contribution in [0.5, 0.6) is 0 Å². The zero-order chi connectivity index (χ0) is 28.4. The molecule has 0 aromatic carbocycles. The number of urea groups is 1. The Kier molecular flexibility index (Phi) is 9.24. The zero-order valence-corrected chi connectivity index (χ0v) is 22.6. The van der Waals surface area contributed by atoms with Crippen molar-refractivity contribution in [3.63, 3.8) is 0 Å². The Bertz CT molecular complexity index is 1230. The summed E-state index contributed by atoms with van der Waals surface area (Å²) >= 11 is 0.622. The van der Waals surface area contributed by atoms with E-state index >= 15 is 0 Å². The summed E-state index contributed by atoms with van der Waals surface area (Å²) in [5, 5.41) is 28.5. The van der Waals surface area contributed by atoms with Gasteiger partial charge in [-0.05, 0) is 27.7 Å². The second kappa shape index (κ2) is 11.7. The topological polar surface area (TPSA) is 227 Å². The summed E-state index contributed by atoms with van der Waals surface area (Å²) in [5.74, 6) is -1.57. The molecule has 0 saturated carbocycles. The number of H-pyrrole nitrogens is 1. The summed E-state index contributed by atoms with van der Waals surface area (Å²) in [6.07, 6.45) is -3.74. The molecule has 1 aromatic rings. The van der Waals surface area contributed by atoms with E-state index in [-0.39, 0.29) is 5.75 Å². The lowest BCUT2D eigenvalue weighted by Crippen LogP contribution is -2.47. The van der Waals surface area contributed by atoms with Crippen LogP contribution in [0.25, 0.3) is 0 Å². The Morgan fingerprint density at radius 3 is 2.58 bits per heavy atom. The minimum absolute atomic E-state index is 0.199. The molecule has 2 aliphatic heterocycles. The molecule has 18 heteroatoms. The first kappa shape index (κ1) is 30.0. The van der Waals surface area contributed by atoms with Crippen LogP contribution in [0.15, 0.2) is 21.9 Å². The summed E-state index contributed by atoms with van der Waals surface area (Å²) in [6.45, 7) is 1.21. The van der Waals surface area contributed by atoms with Crippen LogP contribution in [0.3, 0.4) is 0 Å². The monoisotopic (exact) mass is 579 g/mol. The first-order valence-electron chi connectivity index (χ1n) is 11.5. The van der Waals surface area contributed by atoms with E-state index in [9.17, 15) is 38.8 Å². The molecule has 0 spiro atoms. The largest absolute Gasteiger partial charge is 0.462 e. The van der Waals surface area contributed by atoms with Crippen molar-refractivity contribution in [2.24, 2.45) is 0 Å². The Morgan fingerprint density at radius 1 is 1.32 bits per heavy atom. The van der Waals surface area contributed by atoms with Gasteiger partial charge < -0.3 is 29.5 Å². The molecular formula is C20H30N5O11PS. The lowest BCUT2D eigenvalue weighted by Gasteiger charge is -2.27. The molecule has 0 radical (unpaired) electrons. The van der Waals surface area contributed by atoms with Crippen molar-refractivity contribution < 1.29 is 43.2 Å². The minimum atomic E-state index is -4.05. The standard InChI is InChI=1S/C20H30N5O11PS/c1-9(2)35-16(29)10(3)24-37(33,38-8-11-15(28)23-18(30)21-11)34-7-12-14(27)20(4,32)17(36-12)25-6-5-13(26)22-19(25)31/h5-6,9-12,14,17,27,32H,7-8H2,1-4H3,(H,24,33)(H,22,26,31)(H2,21,23,28,30)/t10-,11-,12+,14+,17+,20+,37?/m0/s1. The minimum Gasteiger partial charge on any atom is -0.462 e. The number of hydrogen-bond donors (Lipinski definition) is 6. The lowest BCUT2D eigenvalue weighted by molar-refractivity contribution is -0.149. The third-order valence-electron chi connectivity index (χ3n) is 5.59. The van der Waals surface area contributed by atoms with Crippen LogP contribution in [0, 0.1) is 0 Å². The summed E-state index contributed by atoms with van der Waals surface area (Å²) in [5.41, 5.74) is -3.60. The van der Waals surface area contributed by atoms with E-state index in [4.69, 9.17) is 14.0 Å². The number of carbonyl (C=O) groups excluding carboxylic acids is 3. The number of nitrogens with zero attached hydrogens (tertiary/aromatic N) is 1. The molecule has 1 unspecified atom stereocenters. The molecule has 16 nitrogen and oxygen atoms in total. The molecule has 38 heavy (non-hydrogen) atoms. The Balaban J connectivity index is 1.76. The van der Waals surface area contributed by atoms with Gasteiger partial charge in [0.05, 0.1) is 12.7 Å². The summed E-state index contributed by atoms with van der Waals surface area (Å²) in [6, 6.07) is -1.82. The molecular weight excluding hydrogens is 549 g/mol. The fourth-order valence-electron chi connectivity index (χ4n) is 3.65. The summed E-state index contributed by atoms with van der Waals surface area (Å²) < 4.78 is 30.9. The lowest BCUT2D eigenvalue weighted by atomic mass is 9.96. The molecule has 2 aliphatic rings. The maximum Gasteiger partial charge on any atom is 0.330 e. The van der Waals surface area contributed by atoms with Crippen molar-refractivity contribution in [2.75, 3.05) is 12.4 Å². The maximum atomic E-state index is 13.7. The third kappa shape index (κ3) is 6.91. The van der Waals surface area contributed by atoms with Gasteiger partial charge in [0.25, 0.3) is 11.5 Å². The van der Waals surface area contributed by atoms with Gasteiger partial charge in [-0.1, -0.05) is 11.4 Å². The Hall–Kier alpha value is -2.53. The SMILES string of the molecule is CC(C)OC(=O)[C@H](C)NP(=O)(OC[C@H]1O[C@@H](n2ccc(=O)[nH]c2=O)[C@](C)(O)[C@@H]1O)SC[C@@H]1NC(=O)NC1=O. The highest BCUT2D eigenvalue weighted by molar-refractivity contribution is 8.56. The molecule has 7 atom stereocenters. The number of rotatable bonds is 11. The number of amides is 3. The van der Waals surface area contributed by atoms with Gasteiger partial charge in [-0.3, -0.25) is 33.8 Å². The molecule has 3 rings (SSSR count). The zero-order valence-electron chi connectivity index (χ0n) is 20.9. The Labute approximate surface area is 220 Å². The maximum absolute atomic E-state index is 13.7. The average molecular weight is 580 g/mol. The van der Waals surface area contributed by atoms with Gasteiger partial charge in [0.1, 0.15) is 29.9 Å². The quantitative estimate of drug-likeness (QED) is 0.100. The highest BCUT2D eigenvalue weighted by Crippen LogP contribution is 2.57. The Morgan fingerprint density at radius 2 is 2.00 bits per heavy atom. The number of carbonyl (C=O) groups is 3.